The van der Waals surface area contributed by atoms with Crippen LogP contribution in [0.1, 0.15) is 27.0 Å². The van der Waals surface area contributed by atoms with Gasteiger partial charge in [0.1, 0.15) is 0 Å². The Morgan fingerprint density at radius 2 is 1.36 bits per heavy atom. The Balaban J connectivity index is 1.71. The molecule has 0 atom stereocenters. The van der Waals surface area contributed by atoms with Crippen molar-refractivity contribution in [2.45, 2.75) is 0 Å². The lowest BCUT2D eigenvalue weighted by Gasteiger charge is -1.98. The molecule has 0 aliphatic rings. The standard InChI is InChI=1S/C23H15ClO/c24-22-9-5-4-8-20(22)16-17-23(25)21-14-12-19(13-15-21)11-10-18-6-2-1-3-7-18/h1-9,12-17H/b17-16-. The van der Waals surface area contributed by atoms with Gasteiger partial charge in [0.05, 0.1) is 0 Å². The third kappa shape index (κ3) is 4.70. The van der Waals surface area contributed by atoms with Crippen LogP contribution in [-0.2, 0) is 0 Å². The van der Waals surface area contributed by atoms with Gasteiger partial charge >= 0.3 is 0 Å². The second kappa shape index (κ2) is 8.15. The molecule has 0 spiro atoms. The van der Waals surface area contributed by atoms with Crippen LogP contribution in [-0.4, -0.2) is 5.78 Å². The molecule has 0 bridgehead atoms. The zero-order valence-electron chi connectivity index (χ0n) is 13.4. The first-order valence-corrected chi connectivity index (χ1v) is 8.24. The van der Waals surface area contributed by atoms with Crippen molar-refractivity contribution in [3.05, 3.63) is 112 Å². The van der Waals surface area contributed by atoms with E-state index in [0.717, 1.165) is 16.7 Å². The van der Waals surface area contributed by atoms with Gasteiger partial charge in [-0.15, -0.1) is 0 Å². The van der Waals surface area contributed by atoms with E-state index in [1.54, 1.807) is 24.3 Å². The lowest BCUT2D eigenvalue weighted by atomic mass is 10.1. The van der Waals surface area contributed by atoms with Crippen molar-refractivity contribution in [2.24, 2.45) is 0 Å². The minimum Gasteiger partial charge on any atom is -0.289 e. The molecule has 25 heavy (non-hydrogen) atoms. The van der Waals surface area contributed by atoms with E-state index in [4.69, 9.17) is 11.6 Å². The van der Waals surface area contributed by atoms with Gasteiger partial charge in [-0.2, -0.15) is 0 Å². The van der Waals surface area contributed by atoms with E-state index in [1.807, 2.05) is 60.7 Å². The van der Waals surface area contributed by atoms with E-state index in [1.165, 1.54) is 6.08 Å². The fourth-order valence-electron chi connectivity index (χ4n) is 2.26. The van der Waals surface area contributed by atoms with E-state index >= 15 is 0 Å². The number of benzene rings is 3. The highest BCUT2D eigenvalue weighted by atomic mass is 35.5. The molecule has 0 N–H and O–H groups in total. The van der Waals surface area contributed by atoms with E-state index in [-0.39, 0.29) is 5.78 Å². The van der Waals surface area contributed by atoms with E-state index in [0.29, 0.717) is 10.6 Å². The molecule has 1 nitrogen and oxygen atoms in total. The molecule has 3 aromatic carbocycles. The third-order valence-electron chi connectivity index (χ3n) is 3.61. The summed E-state index contributed by atoms with van der Waals surface area (Å²) in [5.41, 5.74) is 3.28. The SMILES string of the molecule is O=C(/C=C\c1ccccc1Cl)c1ccc(C#Cc2ccccc2)cc1. The number of ketones is 1. The van der Waals surface area contributed by atoms with Crippen molar-refractivity contribution in [3.8, 4) is 11.8 Å². The summed E-state index contributed by atoms with van der Waals surface area (Å²) in [6.07, 6.45) is 3.26. The molecule has 0 aliphatic carbocycles. The smallest absolute Gasteiger partial charge is 0.185 e. The average molecular weight is 343 g/mol. The van der Waals surface area contributed by atoms with Crippen LogP contribution in [0.4, 0.5) is 0 Å². The number of carbonyl (C=O) groups excluding carboxylic acids is 1. The second-order valence-corrected chi connectivity index (χ2v) is 5.82. The monoisotopic (exact) mass is 342 g/mol. The van der Waals surface area contributed by atoms with Crippen LogP contribution < -0.4 is 0 Å². The Morgan fingerprint density at radius 1 is 0.760 bits per heavy atom. The van der Waals surface area contributed by atoms with Gasteiger partial charge in [-0.3, -0.25) is 4.79 Å². The summed E-state index contributed by atoms with van der Waals surface area (Å²) in [4.78, 5) is 12.3. The maximum atomic E-state index is 12.3. The lowest BCUT2D eigenvalue weighted by molar-refractivity contribution is 0.104. The van der Waals surface area contributed by atoms with Crippen molar-refractivity contribution >= 4 is 23.5 Å². The molecular formula is C23H15ClO. The lowest BCUT2D eigenvalue weighted by Crippen LogP contribution is -1.93. The molecule has 3 rings (SSSR count). The molecule has 3 aromatic rings. The first-order valence-electron chi connectivity index (χ1n) is 7.86. The Morgan fingerprint density at radius 3 is 2.04 bits per heavy atom. The van der Waals surface area contributed by atoms with Gasteiger partial charge in [-0.05, 0) is 60.2 Å². The van der Waals surface area contributed by atoms with Crippen molar-refractivity contribution in [1.82, 2.24) is 0 Å². The summed E-state index contributed by atoms with van der Waals surface area (Å²) in [6.45, 7) is 0. The van der Waals surface area contributed by atoms with Crippen molar-refractivity contribution in [1.29, 1.82) is 0 Å². The third-order valence-corrected chi connectivity index (χ3v) is 3.96. The molecule has 0 fully saturated rings. The maximum absolute atomic E-state index is 12.3. The minimum atomic E-state index is -0.0671. The summed E-state index contributed by atoms with van der Waals surface area (Å²) < 4.78 is 0. The van der Waals surface area contributed by atoms with Gasteiger partial charge in [0.15, 0.2) is 5.78 Å². The Hall–Kier alpha value is -3.08. The first kappa shape index (κ1) is 16.8. The Bertz CT molecular complexity index is 958. The maximum Gasteiger partial charge on any atom is 0.185 e. The summed E-state index contributed by atoms with van der Waals surface area (Å²) in [5, 5.41) is 0.623. The van der Waals surface area contributed by atoms with Crippen LogP contribution in [0.3, 0.4) is 0 Å². The van der Waals surface area contributed by atoms with E-state index in [9.17, 15) is 4.79 Å². The fourth-order valence-corrected chi connectivity index (χ4v) is 2.45. The molecule has 120 valence electrons. The highest BCUT2D eigenvalue weighted by molar-refractivity contribution is 6.32. The highest BCUT2D eigenvalue weighted by Gasteiger charge is 2.02. The van der Waals surface area contributed by atoms with Gasteiger partial charge in [-0.1, -0.05) is 59.8 Å². The van der Waals surface area contributed by atoms with Crippen molar-refractivity contribution in [2.75, 3.05) is 0 Å². The summed E-state index contributed by atoms with van der Waals surface area (Å²) in [6, 6.07) is 24.5. The molecular weight excluding hydrogens is 328 g/mol. The summed E-state index contributed by atoms with van der Waals surface area (Å²) in [5.74, 6) is 6.13. The van der Waals surface area contributed by atoms with Crippen LogP contribution in [0.5, 0.6) is 0 Å². The molecule has 0 unspecified atom stereocenters. The van der Waals surface area contributed by atoms with Crippen LogP contribution in [0.15, 0.2) is 84.9 Å². The predicted molar refractivity (Wildman–Crippen MR) is 104 cm³/mol. The van der Waals surface area contributed by atoms with Crippen LogP contribution in [0, 0.1) is 11.8 Å². The van der Waals surface area contributed by atoms with E-state index in [2.05, 4.69) is 11.8 Å². The van der Waals surface area contributed by atoms with Crippen LogP contribution >= 0.6 is 11.6 Å². The molecule has 0 saturated heterocycles. The highest BCUT2D eigenvalue weighted by Crippen LogP contribution is 2.16. The zero-order valence-corrected chi connectivity index (χ0v) is 14.2. The molecule has 0 radical (unpaired) electrons. The molecule has 0 heterocycles. The topological polar surface area (TPSA) is 17.1 Å². The van der Waals surface area contributed by atoms with Gasteiger partial charge in [-0.25, -0.2) is 0 Å². The number of allylic oxidation sites excluding steroid dienone is 1. The summed E-state index contributed by atoms with van der Waals surface area (Å²) in [7, 11) is 0. The number of hydrogen-bond donors (Lipinski definition) is 0. The van der Waals surface area contributed by atoms with Crippen molar-refractivity contribution < 1.29 is 4.79 Å². The normalized spacial score (nSPS) is 10.3. The molecule has 0 aromatic heterocycles. The number of carbonyl (C=O) groups is 1. The predicted octanol–water partition coefficient (Wildman–Crippen LogP) is 5.64. The van der Waals surface area contributed by atoms with Crippen LogP contribution in [0.25, 0.3) is 6.08 Å². The van der Waals surface area contributed by atoms with Crippen molar-refractivity contribution in [3.63, 3.8) is 0 Å². The molecule has 2 heteroatoms. The fraction of sp³-hybridized carbons (Fsp3) is 0. The van der Waals surface area contributed by atoms with Gasteiger partial charge in [0.2, 0.25) is 0 Å². The molecule has 0 amide bonds. The average Bonchev–Trinajstić information content (AvgIpc) is 2.67. The molecule has 0 aliphatic heterocycles. The Labute approximate surface area is 152 Å². The molecule has 0 saturated carbocycles. The van der Waals surface area contributed by atoms with Gasteiger partial charge < -0.3 is 0 Å². The second-order valence-electron chi connectivity index (χ2n) is 5.41. The number of hydrogen-bond acceptors (Lipinski definition) is 1. The van der Waals surface area contributed by atoms with Gasteiger partial charge in [0.25, 0.3) is 0 Å². The van der Waals surface area contributed by atoms with Gasteiger partial charge in [0, 0.05) is 21.7 Å². The zero-order chi connectivity index (χ0) is 17.5. The quantitative estimate of drug-likeness (QED) is 0.342. The number of rotatable bonds is 3. The first-order chi connectivity index (χ1) is 12.2. The minimum absolute atomic E-state index is 0.0671. The largest absolute Gasteiger partial charge is 0.289 e. The Kier molecular flexibility index (Phi) is 5.46. The number of halogens is 1. The van der Waals surface area contributed by atoms with Crippen LogP contribution in [0.2, 0.25) is 5.02 Å². The van der Waals surface area contributed by atoms with E-state index < -0.39 is 0 Å². The summed E-state index contributed by atoms with van der Waals surface area (Å²) >= 11 is 6.08.